The number of halogens is 6. The van der Waals surface area contributed by atoms with Crippen LogP contribution in [0.5, 0.6) is 0 Å². The van der Waals surface area contributed by atoms with E-state index in [1.165, 1.54) is 0 Å². The molecule has 0 aromatic rings. The van der Waals surface area contributed by atoms with Crippen molar-refractivity contribution in [3.05, 3.63) is 12.2 Å². The molecule has 1 rings (SSSR count). The topological polar surface area (TPSA) is 38.7 Å². The van der Waals surface area contributed by atoms with Crippen LogP contribution in [0.4, 0.5) is 26.3 Å². The van der Waals surface area contributed by atoms with E-state index in [-0.39, 0.29) is 18.8 Å². The standard InChI is InChI=1S/C18H28F6O3/c1-15(2,9-4-6-13-27-14-8-3-5-12-26-14)10-7-11-16(25,17(19,20)21)18(22,23)24/h7,11,14,25H,3-6,8-10,12-13H2,1-2H3. The van der Waals surface area contributed by atoms with Gasteiger partial charge in [0, 0.05) is 13.2 Å². The van der Waals surface area contributed by atoms with Gasteiger partial charge in [-0.25, -0.2) is 0 Å². The molecule has 1 heterocycles. The van der Waals surface area contributed by atoms with Crippen LogP contribution in [0.2, 0.25) is 0 Å². The van der Waals surface area contributed by atoms with Crippen LogP contribution in [0.3, 0.4) is 0 Å². The highest BCUT2D eigenvalue weighted by molar-refractivity contribution is 5.11. The van der Waals surface area contributed by atoms with E-state index in [0.29, 0.717) is 19.6 Å². The van der Waals surface area contributed by atoms with Crippen molar-refractivity contribution in [2.75, 3.05) is 13.2 Å². The number of aliphatic hydroxyl groups is 1. The third-order valence-electron chi connectivity index (χ3n) is 4.58. The molecule has 1 atom stereocenters. The number of hydrogen-bond acceptors (Lipinski definition) is 3. The Hall–Kier alpha value is -0.800. The number of rotatable bonds is 9. The Balaban J connectivity index is 2.41. The van der Waals surface area contributed by atoms with Crippen molar-refractivity contribution in [2.24, 2.45) is 5.41 Å². The van der Waals surface area contributed by atoms with E-state index >= 15 is 0 Å². The number of alkyl halides is 6. The number of allylic oxidation sites excluding steroid dienone is 1. The van der Waals surface area contributed by atoms with Gasteiger partial charge in [-0.1, -0.05) is 26.3 Å². The summed E-state index contributed by atoms with van der Waals surface area (Å²) in [5.41, 5.74) is -5.33. The van der Waals surface area contributed by atoms with Crippen molar-refractivity contribution in [3.8, 4) is 0 Å². The van der Waals surface area contributed by atoms with Gasteiger partial charge in [-0.3, -0.25) is 0 Å². The summed E-state index contributed by atoms with van der Waals surface area (Å²) < 4.78 is 86.7. The zero-order chi connectivity index (χ0) is 20.8. The molecule has 0 spiro atoms. The van der Waals surface area contributed by atoms with Crippen LogP contribution in [-0.2, 0) is 9.47 Å². The minimum Gasteiger partial charge on any atom is -0.370 e. The zero-order valence-corrected chi connectivity index (χ0v) is 15.6. The maximum Gasteiger partial charge on any atom is 0.429 e. The summed E-state index contributed by atoms with van der Waals surface area (Å²) in [6.45, 7) is 4.69. The van der Waals surface area contributed by atoms with E-state index in [1.54, 1.807) is 13.8 Å². The molecule has 160 valence electrons. The average molecular weight is 406 g/mol. The summed E-state index contributed by atoms with van der Waals surface area (Å²) in [7, 11) is 0. The van der Waals surface area contributed by atoms with Gasteiger partial charge in [-0.05, 0) is 50.0 Å². The molecule has 1 aliphatic rings. The van der Waals surface area contributed by atoms with Gasteiger partial charge in [-0.15, -0.1) is 0 Å². The van der Waals surface area contributed by atoms with Crippen molar-refractivity contribution in [1.29, 1.82) is 0 Å². The third kappa shape index (κ3) is 7.62. The van der Waals surface area contributed by atoms with Crippen molar-refractivity contribution in [1.82, 2.24) is 0 Å². The van der Waals surface area contributed by atoms with E-state index in [0.717, 1.165) is 38.2 Å². The Bertz CT molecular complexity index is 451. The Morgan fingerprint density at radius 2 is 1.67 bits per heavy atom. The molecule has 27 heavy (non-hydrogen) atoms. The van der Waals surface area contributed by atoms with E-state index in [2.05, 4.69) is 0 Å². The lowest BCUT2D eigenvalue weighted by atomic mass is 9.83. The lowest BCUT2D eigenvalue weighted by Crippen LogP contribution is -2.55. The highest BCUT2D eigenvalue weighted by Crippen LogP contribution is 2.44. The summed E-state index contributed by atoms with van der Waals surface area (Å²) in [6.07, 6.45) is -6.31. The highest BCUT2D eigenvalue weighted by Gasteiger charge is 2.68. The molecule has 3 nitrogen and oxygen atoms in total. The van der Waals surface area contributed by atoms with Gasteiger partial charge in [0.05, 0.1) is 0 Å². The SMILES string of the molecule is CC(C)(CC=CC(O)(C(F)(F)F)C(F)(F)F)CCCCOC1CCCCO1. The molecule has 1 unspecified atom stereocenters. The first-order chi connectivity index (χ1) is 12.3. The first-order valence-electron chi connectivity index (χ1n) is 9.05. The van der Waals surface area contributed by atoms with Crippen molar-refractivity contribution in [2.45, 2.75) is 83.0 Å². The Kier molecular flexibility index (Phi) is 8.62. The summed E-state index contributed by atoms with van der Waals surface area (Å²) in [4.78, 5) is 0. The van der Waals surface area contributed by atoms with Crippen LogP contribution in [-0.4, -0.2) is 42.6 Å². The van der Waals surface area contributed by atoms with Crippen LogP contribution in [0, 0.1) is 5.41 Å². The Morgan fingerprint density at radius 1 is 1.04 bits per heavy atom. The van der Waals surface area contributed by atoms with Crippen molar-refractivity contribution in [3.63, 3.8) is 0 Å². The largest absolute Gasteiger partial charge is 0.429 e. The minimum absolute atomic E-state index is 0.0198. The van der Waals surface area contributed by atoms with E-state index in [9.17, 15) is 26.3 Å². The molecule has 0 saturated carbocycles. The molecule has 0 aromatic carbocycles. The third-order valence-corrected chi connectivity index (χ3v) is 4.58. The maximum absolute atomic E-state index is 12.6. The summed E-state index contributed by atoms with van der Waals surface area (Å²) in [5, 5.41) is 9.09. The summed E-state index contributed by atoms with van der Waals surface area (Å²) in [6, 6.07) is 0. The van der Waals surface area contributed by atoms with Crippen molar-refractivity contribution >= 4 is 0 Å². The molecule has 0 amide bonds. The van der Waals surface area contributed by atoms with Gasteiger partial charge >= 0.3 is 12.4 Å². The molecule has 9 heteroatoms. The van der Waals surface area contributed by atoms with Gasteiger partial charge in [0.2, 0.25) is 0 Å². The van der Waals surface area contributed by atoms with Crippen LogP contribution in [0.25, 0.3) is 0 Å². The second kappa shape index (κ2) is 9.60. The smallest absolute Gasteiger partial charge is 0.370 e. The molecular weight excluding hydrogens is 378 g/mol. The average Bonchev–Trinajstić information content (AvgIpc) is 2.53. The quantitative estimate of drug-likeness (QED) is 0.311. The number of hydrogen-bond donors (Lipinski definition) is 1. The van der Waals surface area contributed by atoms with Crippen molar-refractivity contribution < 1.29 is 40.9 Å². The van der Waals surface area contributed by atoms with Crippen LogP contribution in [0.15, 0.2) is 12.2 Å². The van der Waals surface area contributed by atoms with E-state index in [4.69, 9.17) is 14.6 Å². The minimum atomic E-state index is -5.83. The fraction of sp³-hybridized carbons (Fsp3) is 0.889. The molecular formula is C18H28F6O3. The number of unbranched alkanes of at least 4 members (excludes halogenated alkanes) is 1. The molecule has 0 bridgehead atoms. The molecule has 1 aliphatic heterocycles. The van der Waals surface area contributed by atoms with E-state index in [1.807, 2.05) is 0 Å². The predicted molar refractivity (Wildman–Crippen MR) is 88.0 cm³/mol. The second-order valence-corrected chi connectivity index (χ2v) is 7.66. The van der Waals surface area contributed by atoms with Gasteiger partial charge in [0.15, 0.2) is 6.29 Å². The molecule has 1 saturated heterocycles. The Labute approximate surface area is 155 Å². The molecule has 0 radical (unpaired) electrons. The molecule has 1 fully saturated rings. The van der Waals surface area contributed by atoms with Crippen LogP contribution in [0.1, 0.15) is 58.8 Å². The lowest BCUT2D eigenvalue weighted by molar-refractivity contribution is -0.347. The van der Waals surface area contributed by atoms with Gasteiger partial charge in [-0.2, -0.15) is 26.3 Å². The monoisotopic (exact) mass is 406 g/mol. The number of ether oxygens (including phenoxy) is 2. The summed E-state index contributed by atoms with van der Waals surface area (Å²) >= 11 is 0. The molecule has 1 N–H and O–H groups in total. The van der Waals surface area contributed by atoms with Crippen LogP contribution < -0.4 is 0 Å². The fourth-order valence-corrected chi connectivity index (χ4v) is 2.76. The lowest BCUT2D eigenvalue weighted by Gasteiger charge is -2.30. The highest BCUT2D eigenvalue weighted by atomic mass is 19.4. The van der Waals surface area contributed by atoms with Gasteiger partial charge in [0.1, 0.15) is 0 Å². The van der Waals surface area contributed by atoms with E-state index < -0.39 is 23.4 Å². The second-order valence-electron chi connectivity index (χ2n) is 7.66. The first-order valence-corrected chi connectivity index (χ1v) is 9.05. The fourth-order valence-electron chi connectivity index (χ4n) is 2.76. The van der Waals surface area contributed by atoms with Gasteiger partial charge < -0.3 is 14.6 Å². The normalized spacial score (nSPS) is 20.4. The van der Waals surface area contributed by atoms with Gasteiger partial charge in [0.25, 0.3) is 5.60 Å². The molecule has 0 aliphatic carbocycles. The maximum atomic E-state index is 12.6. The summed E-state index contributed by atoms with van der Waals surface area (Å²) in [5.74, 6) is 0. The predicted octanol–water partition coefficient (Wildman–Crippen LogP) is 5.53. The van der Waals surface area contributed by atoms with Crippen LogP contribution >= 0.6 is 0 Å². The first kappa shape index (κ1) is 24.2. The molecule has 0 aromatic heterocycles. The Morgan fingerprint density at radius 3 is 2.19 bits per heavy atom. The zero-order valence-electron chi connectivity index (χ0n) is 15.6.